The molecule has 1 fully saturated rings. The summed E-state index contributed by atoms with van der Waals surface area (Å²) in [6.45, 7) is 4.67. The fraction of sp³-hybridized carbons (Fsp3) is 0.467. The zero-order valence-electron chi connectivity index (χ0n) is 12.0. The first-order valence-electron chi connectivity index (χ1n) is 6.76. The Morgan fingerprint density at radius 3 is 2.75 bits per heavy atom. The Bertz CT molecular complexity index is 528. The highest BCUT2D eigenvalue weighted by Gasteiger charge is 2.29. The maximum Gasteiger partial charge on any atom is 0.338 e. The number of esters is 1. The third-order valence-electron chi connectivity index (χ3n) is 3.86. The van der Waals surface area contributed by atoms with Crippen LogP contribution in [0, 0.1) is 12.8 Å². The lowest BCUT2D eigenvalue weighted by Gasteiger charge is -2.17. The molecule has 108 valence electrons. The molecule has 0 radical (unpaired) electrons. The molecule has 0 bridgehead atoms. The van der Waals surface area contributed by atoms with Crippen molar-refractivity contribution >= 4 is 17.6 Å². The van der Waals surface area contributed by atoms with Gasteiger partial charge < -0.3 is 15.4 Å². The summed E-state index contributed by atoms with van der Waals surface area (Å²) in [4.78, 5) is 23.9. The smallest absolute Gasteiger partial charge is 0.338 e. The fourth-order valence-electron chi connectivity index (χ4n) is 2.54. The predicted octanol–water partition coefficient (Wildman–Crippen LogP) is 1.72. The molecule has 5 nitrogen and oxygen atoms in total. The summed E-state index contributed by atoms with van der Waals surface area (Å²) in [6, 6.07) is 5.41. The van der Waals surface area contributed by atoms with Gasteiger partial charge in [-0.15, -0.1) is 0 Å². The molecule has 20 heavy (non-hydrogen) atoms. The van der Waals surface area contributed by atoms with E-state index in [9.17, 15) is 9.59 Å². The highest BCUT2D eigenvalue weighted by molar-refractivity contribution is 5.97. The van der Waals surface area contributed by atoms with Gasteiger partial charge in [0.2, 0.25) is 5.91 Å². The molecule has 1 aromatic carbocycles. The Morgan fingerprint density at radius 1 is 1.40 bits per heavy atom. The lowest BCUT2D eigenvalue weighted by Crippen LogP contribution is -2.32. The number of rotatable bonds is 3. The molecule has 1 aliphatic heterocycles. The number of carbonyl (C=O) groups excluding carboxylic acids is 2. The van der Waals surface area contributed by atoms with Gasteiger partial charge in [0, 0.05) is 11.7 Å². The normalized spacial score (nSPS) is 21.6. The minimum atomic E-state index is -0.394. The minimum Gasteiger partial charge on any atom is -0.465 e. The van der Waals surface area contributed by atoms with Crippen molar-refractivity contribution in [2.45, 2.75) is 26.3 Å². The van der Waals surface area contributed by atoms with Crippen molar-refractivity contribution in [3.8, 4) is 0 Å². The van der Waals surface area contributed by atoms with Crippen molar-refractivity contribution in [3.05, 3.63) is 29.3 Å². The Hall–Kier alpha value is -1.88. The fourth-order valence-corrected chi connectivity index (χ4v) is 2.54. The standard InChI is InChI=1S/C15H20N2O3/c1-9-11(15(19)20-3)5-4-6-13(9)17-14(18)12-7-8-16-10(12)2/h4-6,10,12,16H,7-8H2,1-3H3,(H,17,18). The van der Waals surface area contributed by atoms with E-state index in [1.165, 1.54) is 7.11 Å². The lowest BCUT2D eigenvalue weighted by atomic mass is 10.0. The number of benzene rings is 1. The number of hydrogen-bond acceptors (Lipinski definition) is 4. The van der Waals surface area contributed by atoms with Crippen molar-refractivity contribution in [2.75, 3.05) is 19.0 Å². The third kappa shape index (κ3) is 2.82. The molecular weight excluding hydrogens is 256 g/mol. The molecule has 1 saturated heterocycles. The first-order chi connectivity index (χ1) is 9.54. The molecule has 2 rings (SSSR count). The highest BCUT2D eigenvalue weighted by Crippen LogP contribution is 2.22. The zero-order valence-corrected chi connectivity index (χ0v) is 12.0. The first-order valence-corrected chi connectivity index (χ1v) is 6.76. The molecule has 1 amide bonds. The van der Waals surface area contributed by atoms with Crippen LogP contribution in [0.3, 0.4) is 0 Å². The summed E-state index contributed by atoms with van der Waals surface area (Å²) < 4.78 is 4.73. The Labute approximate surface area is 118 Å². The van der Waals surface area contributed by atoms with Gasteiger partial charge in [-0.3, -0.25) is 4.79 Å². The van der Waals surface area contributed by atoms with E-state index in [0.717, 1.165) is 18.5 Å². The molecule has 2 atom stereocenters. The van der Waals surface area contributed by atoms with Crippen LogP contribution in [-0.2, 0) is 9.53 Å². The zero-order chi connectivity index (χ0) is 14.7. The second-order valence-corrected chi connectivity index (χ2v) is 5.10. The van der Waals surface area contributed by atoms with Crippen LogP contribution >= 0.6 is 0 Å². The van der Waals surface area contributed by atoms with E-state index in [1.54, 1.807) is 25.1 Å². The van der Waals surface area contributed by atoms with Gasteiger partial charge in [0.15, 0.2) is 0 Å². The average Bonchev–Trinajstić information content (AvgIpc) is 2.86. The molecule has 0 aliphatic carbocycles. The number of hydrogen-bond donors (Lipinski definition) is 2. The van der Waals surface area contributed by atoms with Crippen LogP contribution in [0.25, 0.3) is 0 Å². The average molecular weight is 276 g/mol. The summed E-state index contributed by atoms with van der Waals surface area (Å²) in [7, 11) is 1.35. The van der Waals surface area contributed by atoms with Gasteiger partial charge in [-0.1, -0.05) is 6.07 Å². The summed E-state index contributed by atoms with van der Waals surface area (Å²) in [5.74, 6) is -0.432. The van der Waals surface area contributed by atoms with Crippen LogP contribution in [0.2, 0.25) is 0 Å². The summed E-state index contributed by atoms with van der Waals surface area (Å²) in [5, 5.41) is 6.17. The van der Waals surface area contributed by atoms with Crippen LogP contribution in [0.5, 0.6) is 0 Å². The van der Waals surface area contributed by atoms with Gasteiger partial charge in [0.1, 0.15) is 0 Å². The number of nitrogens with one attached hydrogen (secondary N) is 2. The minimum absolute atomic E-state index is 0.00684. The molecule has 0 aromatic heterocycles. The maximum absolute atomic E-state index is 12.3. The van der Waals surface area contributed by atoms with Crippen LogP contribution in [0.1, 0.15) is 29.3 Å². The van der Waals surface area contributed by atoms with Crippen molar-refractivity contribution in [1.82, 2.24) is 5.32 Å². The molecule has 0 spiro atoms. The van der Waals surface area contributed by atoms with E-state index >= 15 is 0 Å². The van der Waals surface area contributed by atoms with Crippen LogP contribution in [-0.4, -0.2) is 31.6 Å². The number of carbonyl (C=O) groups is 2. The SMILES string of the molecule is COC(=O)c1cccc(NC(=O)C2CCNC2C)c1C. The van der Waals surface area contributed by atoms with Gasteiger partial charge in [-0.25, -0.2) is 4.79 Å². The summed E-state index contributed by atoms with van der Waals surface area (Å²) in [6.07, 6.45) is 0.836. The highest BCUT2D eigenvalue weighted by atomic mass is 16.5. The van der Waals surface area contributed by atoms with Crippen LogP contribution < -0.4 is 10.6 Å². The van der Waals surface area contributed by atoms with Crippen LogP contribution in [0.4, 0.5) is 5.69 Å². The first kappa shape index (κ1) is 14.5. The third-order valence-corrected chi connectivity index (χ3v) is 3.86. The van der Waals surface area contributed by atoms with Crippen molar-refractivity contribution in [2.24, 2.45) is 5.92 Å². The monoisotopic (exact) mass is 276 g/mol. The predicted molar refractivity (Wildman–Crippen MR) is 76.7 cm³/mol. The largest absolute Gasteiger partial charge is 0.465 e. The van der Waals surface area contributed by atoms with Gasteiger partial charge >= 0.3 is 5.97 Å². The molecular formula is C15H20N2O3. The van der Waals surface area contributed by atoms with E-state index in [2.05, 4.69) is 10.6 Å². The molecule has 0 saturated carbocycles. The van der Waals surface area contributed by atoms with Crippen molar-refractivity contribution in [3.63, 3.8) is 0 Å². The number of ether oxygens (including phenoxy) is 1. The molecule has 2 unspecified atom stereocenters. The molecule has 1 aromatic rings. The van der Waals surface area contributed by atoms with Gasteiger partial charge in [-0.05, 0) is 44.5 Å². The molecule has 1 heterocycles. The van der Waals surface area contributed by atoms with Crippen molar-refractivity contribution in [1.29, 1.82) is 0 Å². The topological polar surface area (TPSA) is 67.4 Å². The Kier molecular flexibility index (Phi) is 4.39. The number of amides is 1. The van der Waals surface area contributed by atoms with E-state index in [0.29, 0.717) is 11.3 Å². The summed E-state index contributed by atoms with van der Waals surface area (Å²) >= 11 is 0. The van der Waals surface area contributed by atoms with E-state index in [-0.39, 0.29) is 17.9 Å². The second kappa shape index (κ2) is 6.05. The summed E-state index contributed by atoms with van der Waals surface area (Å²) in [5.41, 5.74) is 1.87. The molecule has 1 aliphatic rings. The van der Waals surface area contributed by atoms with E-state index in [1.807, 2.05) is 6.92 Å². The molecule has 2 N–H and O–H groups in total. The van der Waals surface area contributed by atoms with Gasteiger partial charge in [-0.2, -0.15) is 0 Å². The number of anilines is 1. The van der Waals surface area contributed by atoms with Gasteiger partial charge in [0.05, 0.1) is 18.6 Å². The van der Waals surface area contributed by atoms with E-state index in [4.69, 9.17) is 4.74 Å². The van der Waals surface area contributed by atoms with E-state index < -0.39 is 5.97 Å². The lowest BCUT2D eigenvalue weighted by molar-refractivity contribution is -0.120. The number of methoxy groups -OCH3 is 1. The maximum atomic E-state index is 12.3. The Balaban J connectivity index is 2.17. The second-order valence-electron chi connectivity index (χ2n) is 5.10. The Morgan fingerprint density at radius 2 is 2.15 bits per heavy atom. The van der Waals surface area contributed by atoms with Gasteiger partial charge in [0.25, 0.3) is 0 Å². The van der Waals surface area contributed by atoms with Crippen LogP contribution in [0.15, 0.2) is 18.2 Å². The molecule has 5 heteroatoms. The quantitative estimate of drug-likeness (QED) is 0.825. The van der Waals surface area contributed by atoms with Crippen molar-refractivity contribution < 1.29 is 14.3 Å².